The van der Waals surface area contributed by atoms with Crippen LogP contribution < -0.4 is 9.47 Å². The maximum atomic E-state index is 12.7. The van der Waals surface area contributed by atoms with Gasteiger partial charge in [0.25, 0.3) is 16.8 Å². The van der Waals surface area contributed by atoms with Crippen LogP contribution in [-0.4, -0.2) is 47.2 Å². The number of ether oxygens (including phenoxy) is 3. The first kappa shape index (κ1) is 26.5. The minimum Gasteiger partial charge on any atom is -0.493 e. The minimum absolute atomic E-state index is 0.0402. The van der Waals surface area contributed by atoms with Crippen molar-refractivity contribution in [2.24, 2.45) is 0 Å². The molecule has 0 N–H and O–H groups in total. The van der Waals surface area contributed by atoms with E-state index in [0.29, 0.717) is 34.6 Å². The zero-order valence-corrected chi connectivity index (χ0v) is 20.5. The Balaban J connectivity index is 1.87. The second kappa shape index (κ2) is 12.0. The summed E-state index contributed by atoms with van der Waals surface area (Å²) in [5.41, 5.74) is 1.84. The zero-order valence-electron chi connectivity index (χ0n) is 19.7. The molecule has 1 aliphatic heterocycles. The Morgan fingerprint density at radius 1 is 1.25 bits per heavy atom. The van der Waals surface area contributed by atoms with Gasteiger partial charge >= 0.3 is 5.97 Å². The van der Waals surface area contributed by atoms with Gasteiger partial charge in [-0.15, -0.1) is 6.58 Å². The molecule has 0 aliphatic carbocycles. The van der Waals surface area contributed by atoms with Crippen LogP contribution in [0.5, 0.6) is 11.5 Å². The fraction of sp³-hybridized carbons (Fsp3) is 0.240. The van der Waals surface area contributed by atoms with Gasteiger partial charge in [0, 0.05) is 17.7 Å². The number of carbonyl (C=O) groups is 3. The lowest BCUT2D eigenvalue weighted by Crippen LogP contribution is -2.34. The number of esters is 1. The number of hydrogen-bond acceptors (Lipinski definition) is 9. The number of thioether (sulfide) groups is 1. The van der Waals surface area contributed by atoms with Crippen LogP contribution in [0.3, 0.4) is 0 Å². The maximum absolute atomic E-state index is 12.7. The Morgan fingerprint density at radius 2 is 2.03 bits per heavy atom. The van der Waals surface area contributed by atoms with Gasteiger partial charge in [-0.25, -0.2) is 0 Å². The van der Waals surface area contributed by atoms with Crippen molar-refractivity contribution < 1.29 is 33.5 Å². The molecule has 1 aliphatic rings. The van der Waals surface area contributed by atoms with Gasteiger partial charge in [-0.2, -0.15) is 0 Å². The number of benzene rings is 2. The third-order valence-electron chi connectivity index (χ3n) is 5.01. The lowest BCUT2D eigenvalue weighted by Gasteiger charge is -2.16. The second-order valence-corrected chi connectivity index (χ2v) is 8.49. The van der Waals surface area contributed by atoms with E-state index >= 15 is 0 Å². The van der Waals surface area contributed by atoms with Crippen LogP contribution in [0, 0.1) is 10.1 Å². The first-order valence-corrected chi connectivity index (χ1v) is 11.7. The van der Waals surface area contributed by atoms with Gasteiger partial charge < -0.3 is 14.2 Å². The smallest absolute Gasteiger partial charge is 0.326 e. The molecular formula is C25H24N2O8S. The number of non-ortho nitro benzene ring substituents is 1. The van der Waals surface area contributed by atoms with Crippen molar-refractivity contribution in [2.75, 3.05) is 20.3 Å². The highest BCUT2D eigenvalue weighted by Crippen LogP contribution is 2.37. The number of methoxy groups -OCH3 is 1. The van der Waals surface area contributed by atoms with Crippen LogP contribution in [-0.2, 0) is 27.4 Å². The van der Waals surface area contributed by atoms with Gasteiger partial charge in [0.15, 0.2) is 11.5 Å². The largest absolute Gasteiger partial charge is 0.493 e. The summed E-state index contributed by atoms with van der Waals surface area (Å²) in [5, 5.41) is 10.5. The van der Waals surface area contributed by atoms with Crippen LogP contribution in [0.4, 0.5) is 10.5 Å². The van der Waals surface area contributed by atoms with Gasteiger partial charge in [-0.05, 0) is 54.4 Å². The molecule has 0 saturated carbocycles. The van der Waals surface area contributed by atoms with Crippen LogP contribution in [0.15, 0.2) is 54.0 Å². The number of nitrogens with zero attached hydrogens (tertiary/aromatic N) is 2. The predicted octanol–water partition coefficient (Wildman–Crippen LogP) is 4.51. The van der Waals surface area contributed by atoms with Crippen molar-refractivity contribution in [1.29, 1.82) is 0 Å². The first-order valence-electron chi connectivity index (χ1n) is 10.9. The number of nitro benzene ring substituents is 1. The molecule has 2 amide bonds. The highest BCUT2D eigenvalue weighted by molar-refractivity contribution is 8.18. The molecule has 10 nitrogen and oxygen atoms in total. The van der Waals surface area contributed by atoms with Gasteiger partial charge in [0.2, 0.25) is 0 Å². The monoisotopic (exact) mass is 512 g/mol. The van der Waals surface area contributed by atoms with Crippen molar-refractivity contribution in [3.63, 3.8) is 0 Å². The number of hydrogen-bond donors (Lipinski definition) is 0. The Hall–Kier alpha value is -4.12. The highest BCUT2D eigenvalue weighted by Gasteiger charge is 2.36. The lowest BCUT2D eigenvalue weighted by molar-refractivity contribution is -0.384. The molecular weight excluding hydrogens is 488 g/mol. The topological polar surface area (TPSA) is 125 Å². The SMILES string of the molecule is C=CCc1cc(/C=C2/SC(=O)N(CC(=O)OCC)C2=O)cc(OC)c1OCc1cccc([N+](=O)[O-])c1. The summed E-state index contributed by atoms with van der Waals surface area (Å²) in [6, 6.07) is 9.54. The number of allylic oxidation sites excluding steroid dienone is 1. The summed E-state index contributed by atoms with van der Waals surface area (Å²) in [7, 11) is 1.46. The number of nitro groups is 1. The fourth-order valence-corrected chi connectivity index (χ4v) is 4.27. The Kier molecular flexibility index (Phi) is 8.85. The van der Waals surface area contributed by atoms with Crippen LogP contribution in [0.25, 0.3) is 6.08 Å². The van der Waals surface area contributed by atoms with E-state index in [4.69, 9.17) is 14.2 Å². The second-order valence-electron chi connectivity index (χ2n) is 7.49. The third kappa shape index (κ3) is 6.30. The predicted molar refractivity (Wildman–Crippen MR) is 134 cm³/mol. The van der Waals surface area contributed by atoms with Gasteiger partial charge in [0.05, 0.1) is 23.5 Å². The summed E-state index contributed by atoms with van der Waals surface area (Å²) >= 11 is 0.728. The lowest BCUT2D eigenvalue weighted by atomic mass is 10.0. The highest BCUT2D eigenvalue weighted by atomic mass is 32.2. The van der Waals surface area contributed by atoms with Crippen molar-refractivity contribution in [2.45, 2.75) is 20.0 Å². The molecule has 1 heterocycles. The van der Waals surface area contributed by atoms with Crippen LogP contribution in [0.2, 0.25) is 0 Å². The van der Waals surface area contributed by atoms with E-state index in [2.05, 4.69) is 6.58 Å². The van der Waals surface area contributed by atoms with E-state index in [-0.39, 0.29) is 23.8 Å². The molecule has 0 bridgehead atoms. The number of imide groups is 1. The molecule has 0 unspecified atom stereocenters. The standard InChI is InChI=1S/C25H24N2O8S/c1-4-7-18-10-17(13-21-24(29)26(25(30)36-21)14-22(28)34-5-2)12-20(33-3)23(18)35-15-16-8-6-9-19(11-16)27(31)32/h4,6,8-13H,1,5,7,14-15H2,2-3H3/b21-13+. The van der Waals surface area contributed by atoms with E-state index in [0.717, 1.165) is 16.7 Å². The average Bonchev–Trinajstić information content (AvgIpc) is 3.10. The van der Waals surface area contributed by atoms with Crippen molar-refractivity contribution >= 4 is 40.6 Å². The normalized spacial score (nSPS) is 14.2. The van der Waals surface area contributed by atoms with Crippen molar-refractivity contribution in [3.8, 4) is 11.5 Å². The molecule has 0 spiro atoms. The summed E-state index contributed by atoms with van der Waals surface area (Å²) in [6.45, 7) is 5.16. The Morgan fingerprint density at radius 3 is 2.69 bits per heavy atom. The minimum atomic E-state index is -0.666. The van der Waals surface area contributed by atoms with E-state index in [1.165, 1.54) is 25.3 Å². The van der Waals surface area contributed by atoms with Gasteiger partial charge in [-0.3, -0.25) is 29.4 Å². The van der Waals surface area contributed by atoms with E-state index in [9.17, 15) is 24.5 Å². The molecule has 1 saturated heterocycles. The first-order chi connectivity index (χ1) is 17.3. The molecule has 188 valence electrons. The van der Waals surface area contributed by atoms with Gasteiger partial charge in [-0.1, -0.05) is 18.2 Å². The summed E-state index contributed by atoms with van der Waals surface area (Å²) in [4.78, 5) is 48.3. The van der Waals surface area contributed by atoms with Crippen molar-refractivity contribution in [1.82, 2.24) is 4.90 Å². The number of amides is 2. The molecule has 0 radical (unpaired) electrons. The quantitative estimate of drug-likeness (QED) is 0.141. The summed E-state index contributed by atoms with van der Waals surface area (Å²) in [5.74, 6) is -0.456. The molecule has 1 fully saturated rings. The van der Waals surface area contributed by atoms with Gasteiger partial charge in [0.1, 0.15) is 13.2 Å². The molecule has 36 heavy (non-hydrogen) atoms. The zero-order chi connectivity index (χ0) is 26.2. The molecule has 0 atom stereocenters. The molecule has 3 rings (SSSR count). The van der Waals surface area contributed by atoms with E-state index in [1.807, 2.05) is 0 Å². The average molecular weight is 513 g/mol. The van der Waals surface area contributed by atoms with Crippen molar-refractivity contribution in [3.05, 3.63) is 80.8 Å². The number of rotatable bonds is 11. The van der Waals surface area contributed by atoms with Crippen LogP contribution >= 0.6 is 11.8 Å². The molecule has 0 aromatic heterocycles. The van der Waals surface area contributed by atoms with E-state index in [1.54, 1.807) is 37.3 Å². The Bertz CT molecular complexity index is 1240. The molecule has 2 aromatic rings. The molecule has 2 aromatic carbocycles. The summed E-state index contributed by atoms with van der Waals surface area (Å²) in [6.07, 6.45) is 3.62. The van der Waals surface area contributed by atoms with Crippen LogP contribution in [0.1, 0.15) is 23.6 Å². The third-order valence-corrected chi connectivity index (χ3v) is 5.91. The fourth-order valence-electron chi connectivity index (χ4n) is 3.43. The molecule has 11 heteroatoms. The van der Waals surface area contributed by atoms with E-state index < -0.39 is 28.6 Å². The number of carbonyl (C=O) groups excluding carboxylic acids is 3. The summed E-state index contributed by atoms with van der Waals surface area (Å²) < 4.78 is 16.3. The Labute approximate surface area is 211 Å². The maximum Gasteiger partial charge on any atom is 0.326 e.